The van der Waals surface area contributed by atoms with Crippen molar-refractivity contribution in [1.82, 2.24) is 9.88 Å². The molecular formula is C23H29N3. The van der Waals surface area contributed by atoms with Gasteiger partial charge in [0.05, 0.1) is 6.04 Å². The van der Waals surface area contributed by atoms with Crippen LogP contribution in [0.25, 0.3) is 0 Å². The van der Waals surface area contributed by atoms with E-state index in [1.807, 2.05) is 0 Å². The normalized spacial score (nSPS) is 29.7. The molecule has 3 nitrogen and oxygen atoms in total. The molecule has 0 spiro atoms. The maximum absolute atomic E-state index is 4.49. The van der Waals surface area contributed by atoms with Gasteiger partial charge in [0.25, 0.3) is 0 Å². The van der Waals surface area contributed by atoms with Crippen molar-refractivity contribution in [2.45, 2.75) is 63.6 Å². The van der Waals surface area contributed by atoms with Gasteiger partial charge < -0.3 is 4.90 Å². The Morgan fingerprint density at radius 3 is 2.73 bits per heavy atom. The van der Waals surface area contributed by atoms with Gasteiger partial charge in [-0.2, -0.15) is 0 Å². The van der Waals surface area contributed by atoms with E-state index < -0.39 is 0 Å². The van der Waals surface area contributed by atoms with Crippen molar-refractivity contribution in [3.05, 3.63) is 58.9 Å². The second kappa shape index (κ2) is 6.09. The van der Waals surface area contributed by atoms with Crippen LogP contribution in [-0.2, 0) is 6.42 Å². The van der Waals surface area contributed by atoms with Crippen molar-refractivity contribution in [3.8, 4) is 0 Å². The molecule has 4 unspecified atom stereocenters. The molecule has 3 aliphatic rings. The third-order valence-corrected chi connectivity index (χ3v) is 7.05. The van der Waals surface area contributed by atoms with Crippen LogP contribution < -0.4 is 4.90 Å². The molecule has 2 aromatic rings. The van der Waals surface area contributed by atoms with Gasteiger partial charge in [0.15, 0.2) is 0 Å². The number of fused-ring (bicyclic) bond motifs is 7. The zero-order valence-corrected chi connectivity index (χ0v) is 16.2. The first kappa shape index (κ1) is 16.3. The molecule has 136 valence electrons. The van der Waals surface area contributed by atoms with Gasteiger partial charge in [0.2, 0.25) is 0 Å². The number of hydrogen-bond acceptors (Lipinski definition) is 3. The summed E-state index contributed by atoms with van der Waals surface area (Å²) in [5.74, 6) is 0.693. The number of nitrogens with zero attached hydrogens (tertiary/aromatic N) is 3. The highest BCUT2D eigenvalue weighted by Gasteiger charge is 2.55. The van der Waals surface area contributed by atoms with Crippen molar-refractivity contribution in [1.29, 1.82) is 0 Å². The Balaban J connectivity index is 1.49. The summed E-state index contributed by atoms with van der Waals surface area (Å²) in [5, 5.41) is 0. The van der Waals surface area contributed by atoms with Crippen LogP contribution in [-0.4, -0.2) is 41.6 Å². The van der Waals surface area contributed by atoms with E-state index >= 15 is 0 Å². The first-order valence-electron chi connectivity index (χ1n) is 10.1. The van der Waals surface area contributed by atoms with E-state index in [0.717, 1.165) is 24.7 Å². The molecule has 26 heavy (non-hydrogen) atoms. The third kappa shape index (κ3) is 2.40. The molecule has 4 atom stereocenters. The summed E-state index contributed by atoms with van der Waals surface area (Å²) in [4.78, 5) is 9.93. The lowest BCUT2D eigenvalue weighted by Crippen LogP contribution is -2.45. The van der Waals surface area contributed by atoms with Crippen molar-refractivity contribution < 1.29 is 0 Å². The molecule has 3 heteroatoms. The largest absolute Gasteiger partial charge is 0.366 e. The first-order chi connectivity index (χ1) is 12.6. The summed E-state index contributed by atoms with van der Waals surface area (Å²) in [7, 11) is 2.37. The average molecular weight is 348 g/mol. The molecule has 1 aromatic carbocycles. The Hall–Kier alpha value is -1.87. The molecule has 0 aliphatic carbocycles. The van der Waals surface area contributed by atoms with Gasteiger partial charge in [-0.15, -0.1) is 0 Å². The van der Waals surface area contributed by atoms with Gasteiger partial charge in [0.1, 0.15) is 0 Å². The van der Waals surface area contributed by atoms with Crippen molar-refractivity contribution in [3.63, 3.8) is 0 Å². The highest BCUT2D eigenvalue weighted by Crippen LogP contribution is 2.54. The predicted octanol–water partition coefficient (Wildman–Crippen LogP) is 4.08. The summed E-state index contributed by atoms with van der Waals surface area (Å²) in [5.41, 5.74) is 6.95. The van der Waals surface area contributed by atoms with E-state index in [1.54, 1.807) is 5.56 Å². The predicted molar refractivity (Wildman–Crippen MR) is 107 cm³/mol. The molecule has 5 rings (SSSR count). The van der Waals surface area contributed by atoms with Crippen LogP contribution >= 0.6 is 0 Å². The lowest BCUT2D eigenvalue weighted by molar-refractivity contribution is 0.168. The van der Waals surface area contributed by atoms with Gasteiger partial charge in [-0.05, 0) is 63.4 Å². The lowest BCUT2D eigenvalue weighted by Gasteiger charge is -2.37. The van der Waals surface area contributed by atoms with Crippen LogP contribution in [0.4, 0.5) is 5.69 Å². The van der Waals surface area contributed by atoms with Crippen LogP contribution in [0.1, 0.15) is 47.6 Å². The highest BCUT2D eigenvalue weighted by molar-refractivity contribution is 5.65. The second-order valence-electron chi connectivity index (χ2n) is 8.56. The Morgan fingerprint density at radius 2 is 1.92 bits per heavy atom. The number of piperidine rings is 1. The van der Waals surface area contributed by atoms with Gasteiger partial charge in [0, 0.05) is 42.1 Å². The summed E-state index contributed by atoms with van der Waals surface area (Å²) < 4.78 is 0. The van der Waals surface area contributed by atoms with E-state index in [2.05, 4.69) is 72.2 Å². The minimum absolute atomic E-state index is 0.655. The number of aryl methyl sites for hydroxylation is 2. The molecular weight excluding hydrogens is 318 g/mol. The van der Waals surface area contributed by atoms with Crippen LogP contribution in [0, 0.1) is 13.8 Å². The van der Waals surface area contributed by atoms with Gasteiger partial charge in [-0.25, -0.2) is 0 Å². The maximum atomic E-state index is 4.49. The number of likely N-dealkylation sites (N-methyl/N-ethyl adjacent to an activating group) is 1. The lowest BCUT2D eigenvalue weighted by atomic mass is 9.89. The molecule has 0 saturated carbocycles. The fraction of sp³-hybridized carbons (Fsp3) is 0.522. The molecule has 3 aliphatic heterocycles. The Kier molecular flexibility index (Phi) is 3.82. The summed E-state index contributed by atoms with van der Waals surface area (Å²) in [6, 6.07) is 13.6. The minimum atomic E-state index is 0.655. The van der Waals surface area contributed by atoms with Crippen molar-refractivity contribution in [2.75, 3.05) is 18.5 Å². The fourth-order valence-corrected chi connectivity index (χ4v) is 5.82. The summed E-state index contributed by atoms with van der Waals surface area (Å²) in [6.45, 7) is 5.39. The zero-order valence-electron chi connectivity index (χ0n) is 16.2. The third-order valence-electron chi connectivity index (χ3n) is 7.05. The molecule has 2 bridgehead atoms. The van der Waals surface area contributed by atoms with E-state index in [9.17, 15) is 0 Å². The first-order valence-corrected chi connectivity index (χ1v) is 10.1. The monoisotopic (exact) mass is 347 g/mol. The maximum Gasteiger partial charge on any atom is 0.0529 e. The SMILES string of the molecule is Cc1ccc2c(c1)C1C(C3CCCC1N3C)N2CCc1ccc(C)nc1. The minimum Gasteiger partial charge on any atom is -0.366 e. The van der Waals surface area contributed by atoms with Crippen LogP contribution in [0.15, 0.2) is 36.5 Å². The molecule has 0 radical (unpaired) electrons. The molecule has 2 fully saturated rings. The van der Waals surface area contributed by atoms with E-state index in [-0.39, 0.29) is 0 Å². The van der Waals surface area contributed by atoms with Crippen molar-refractivity contribution >= 4 is 5.69 Å². The Morgan fingerprint density at radius 1 is 1.08 bits per heavy atom. The standard InChI is InChI=1S/C23H29N3/c1-15-7-10-19-18(13-15)22-20-5-4-6-21(25(20)3)23(22)26(19)12-11-17-9-8-16(2)24-14-17/h7-10,13-14,20-23H,4-6,11-12H2,1-3H3. The number of hydrogen-bond donors (Lipinski definition) is 0. The van der Waals surface area contributed by atoms with E-state index in [0.29, 0.717) is 18.0 Å². The van der Waals surface area contributed by atoms with Gasteiger partial charge in [-0.1, -0.05) is 30.2 Å². The van der Waals surface area contributed by atoms with Crippen molar-refractivity contribution in [2.24, 2.45) is 0 Å². The number of anilines is 1. The summed E-state index contributed by atoms with van der Waals surface area (Å²) >= 11 is 0. The smallest absolute Gasteiger partial charge is 0.0529 e. The zero-order chi connectivity index (χ0) is 17.8. The number of pyridine rings is 1. The molecule has 0 N–H and O–H groups in total. The fourth-order valence-electron chi connectivity index (χ4n) is 5.82. The number of rotatable bonds is 3. The molecule has 2 saturated heterocycles. The Labute approximate surface area is 157 Å². The van der Waals surface area contributed by atoms with Gasteiger partial charge >= 0.3 is 0 Å². The number of aromatic nitrogens is 1. The molecule has 4 heterocycles. The van der Waals surface area contributed by atoms with E-state index in [4.69, 9.17) is 0 Å². The Bertz CT molecular complexity index is 813. The van der Waals surface area contributed by atoms with Crippen LogP contribution in [0.5, 0.6) is 0 Å². The quantitative estimate of drug-likeness (QED) is 0.834. The average Bonchev–Trinajstić information content (AvgIpc) is 2.99. The highest BCUT2D eigenvalue weighted by atomic mass is 15.3. The number of benzene rings is 1. The molecule has 1 aromatic heterocycles. The molecule has 0 amide bonds. The second-order valence-corrected chi connectivity index (χ2v) is 8.56. The summed E-state index contributed by atoms with van der Waals surface area (Å²) in [6.07, 6.45) is 7.23. The van der Waals surface area contributed by atoms with E-state index in [1.165, 1.54) is 36.1 Å². The van der Waals surface area contributed by atoms with Gasteiger partial charge in [-0.3, -0.25) is 9.88 Å². The topological polar surface area (TPSA) is 19.4 Å². The van der Waals surface area contributed by atoms with Crippen LogP contribution in [0.2, 0.25) is 0 Å². The van der Waals surface area contributed by atoms with Crippen LogP contribution in [0.3, 0.4) is 0 Å².